The van der Waals surface area contributed by atoms with Gasteiger partial charge >= 0.3 is 0 Å². The Morgan fingerprint density at radius 3 is 3.12 bits per heavy atom. The summed E-state index contributed by atoms with van der Waals surface area (Å²) in [4.78, 5) is 6.72. The molecular formula is C13H21N3O. The van der Waals surface area contributed by atoms with Gasteiger partial charge in [0.25, 0.3) is 0 Å². The SMILES string of the molecule is COc1ccc(CN2CCCNC(C)C2)cn1. The van der Waals surface area contributed by atoms with Crippen LogP contribution in [0.25, 0.3) is 0 Å². The summed E-state index contributed by atoms with van der Waals surface area (Å²) in [6.07, 6.45) is 3.12. The maximum Gasteiger partial charge on any atom is 0.212 e. The zero-order valence-corrected chi connectivity index (χ0v) is 10.6. The summed E-state index contributed by atoms with van der Waals surface area (Å²) in [7, 11) is 1.64. The van der Waals surface area contributed by atoms with Crippen LogP contribution in [-0.2, 0) is 6.54 Å². The molecular weight excluding hydrogens is 214 g/mol. The lowest BCUT2D eigenvalue weighted by Gasteiger charge is -2.22. The predicted octanol–water partition coefficient (Wildman–Crippen LogP) is 1.27. The molecule has 1 aromatic heterocycles. The van der Waals surface area contributed by atoms with Crippen molar-refractivity contribution in [3.63, 3.8) is 0 Å². The van der Waals surface area contributed by atoms with E-state index in [1.807, 2.05) is 12.3 Å². The number of nitrogens with one attached hydrogen (secondary N) is 1. The average Bonchev–Trinajstić information content (AvgIpc) is 2.55. The summed E-state index contributed by atoms with van der Waals surface area (Å²) in [5.74, 6) is 0.680. The lowest BCUT2D eigenvalue weighted by Crippen LogP contribution is -2.34. The second-order valence-electron chi connectivity index (χ2n) is 4.65. The number of hydrogen-bond acceptors (Lipinski definition) is 4. The molecule has 0 saturated carbocycles. The Hall–Kier alpha value is -1.13. The molecule has 2 rings (SSSR count). The van der Waals surface area contributed by atoms with Crippen molar-refractivity contribution in [1.82, 2.24) is 15.2 Å². The molecule has 2 heterocycles. The highest BCUT2D eigenvalue weighted by atomic mass is 16.5. The molecule has 94 valence electrons. The van der Waals surface area contributed by atoms with Gasteiger partial charge in [-0.15, -0.1) is 0 Å². The number of ether oxygens (including phenoxy) is 1. The molecule has 1 saturated heterocycles. The van der Waals surface area contributed by atoms with Crippen LogP contribution in [0.4, 0.5) is 0 Å². The molecule has 1 N–H and O–H groups in total. The van der Waals surface area contributed by atoms with Crippen LogP contribution in [0.5, 0.6) is 5.88 Å². The highest BCUT2D eigenvalue weighted by Crippen LogP contribution is 2.10. The molecule has 1 atom stereocenters. The van der Waals surface area contributed by atoms with Gasteiger partial charge in [-0.2, -0.15) is 0 Å². The van der Waals surface area contributed by atoms with Crippen molar-refractivity contribution in [2.24, 2.45) is 0 Å². The van der Waals surface area contributed by atoms with Crippen LogP contribution >= 0.6 is 0 Å². The van der Waals surface area contributed by atoms with E-state index in [2.05, 4.69) is 28.2 Å². The van der Waals surface area contributed by atoms with Gasteiger partial charge in [0, 0.05) is 31.4 Å². The minimum atomic E-state index is 0.573. The molecule has 4 nitrogen and oxygen atoms in total. The zero-order valence-electron chi connectivity index (χ0n) is 10.6. The molecule has 0 spiro atoms. The molecule has 1 aliphatic rings. The predicted molar refractivity (Wildman–Crippen MR) is 68.1 cm³/mol. The molecule has 0 radical (unpaired) electrons. The molecule has 1 aliphatic heterocycles. The third-order valence-electron chi connectivity index (χ3n) is 3.09. The Balaban J connectivity index is 1.94. The molecule has 0 aromatic carbocycles. The van der Waals surface area contributed by atoms with Gasteiger partial charge in [0.1, 0.15) is 0 Å². The summed E-state index contributed by atoms with van der Waals surface area (Å²) in [5, 5.41) is 3.50. The molecule has 1 fully saturated rings. The van der Waals surface area contributed by atoms with E-state index in [4.69, 9.17) is 4.74 Å². The summed E-state index contributed by atoms with van der Waals surface area (Å²) >= 11 is 0. The van der Waals surface area contributed by atoms with Gasteiger partial charge < -0.3 is 10.1 Å². The first-order valence-corrected chi connectivity index (χ1v) is 6.22. The maximum atomic E-state index is 5.06. The third-order valence-corrected chi connectivity index (χ3v) is 3.09. The summed E-state index contributed by atoms with van der Waals surface area (Å²) in [6, 6.07) is 4.59. The van der Waals surface area contributed by atoms with Crippen molar-refractivity contribution < 1.29 is 4.74 Å². The van der Waals surface area contributed by atoms with Crippen LogP contribution in [0.1, 0.15) is 18.9 Å². The van der Waals surface area contributed by atoms with Crippen molar-refractivity contribution >= 4 is 0 Å². The number of rotatable bonds is 3. The van der Waals surface area contributed by atoms with Crippen molar-refractivity contribution in [2.45, 2.75) is 25.9 Å². The number of methoxy groups -OCH3 is 1. The Bertz CT molecular complexity index is 339. The number of aromatic nitrogens is 1. The first kappa shape index (κ1) is 12.3. The molecule has 4 heteroatoms. The van der Waals surface area contributed by atoms with Crippen molar-refractivity contribution in [1.29, 1.82) is 0 Å². The Labute approximate surface area is 103 Å². The van der Waals surface area contributed by atoms with E-state index in [9.17, 15) is 0 Å². The fraction of sp³-hybridized carbons (Fsp3) is 0.615. The zero-order chi connectivity index (χ0) is 12.1. The third kappa shape index (κ3) is 3.68. The first-order valence-electron chi connectivity index (χ1n) is 6.22. The van der Waals surface area contributed by atoms with Crippen molar-refractivity contribution in [3.05, 3.63) is 23.9 Å². The number of hydrogen-bond donors (Lipinski definition) is 1. The summed E-state index contributed by atoms with van der Waals surface area (Å²) < 4.78 is 5.06. The largest absolute Gasteiger partial charge is 0.481 e. The lowest BCUT2D eigenvalue weighted by atomic mass is 10.2. The normalized spacial score (nSPS) is 22.1. The average molecular weight is 235 g/mol. The van der Waals surface area contributed by atoms with Gasteiger partial charge in [-0.25, -0.2) is 4.98 Å². The topological polar surface area (TPSA) is 37.4 Å². The van der Waals surface area contributed by atoms with Gasteiger partial charge in [0.05, 0.1) is 7.11 Å². The molecule has 0 bridgehead atoms. The highest BCUT2D eigenvalue weighted by Gasteiger charge is 2.14. The van der Waals surface area contributed by atoms with Crippen molar-refractivity contribution in [3.8, 4) is 5.88 Å². The second-order valence-corrected chi connectivity index (χ2v) is 4.65. The molecule has 1 unspecified atom stereocenters. The quantitative estimate of drug-likeness (QED) is 0.856. The molecule has 17 heavy (non-hydrogen) atoms. The van der Waals surface area contributed by atoms with Crippen LogP contribution in [0, 0.1) is 0 Å². The van der Waals surface area contributed by atoms with E-state index < -0.39 is 0 Å². The summed E-state index contributed by atoms with van der Waals surface area (Å²) in [5.41, 5.74) is 1.25. The monoisotopic (exact) mass is 235 g/mol. The van der Waals surface area contributed by atoms with Crippen LogP contribution < -0.4 is 10.1 Å². The van der Waals surface area contributed by atoms with Crippen LogP contribution in [-0.4, -0.2) is 42.7 Å². The van der Waals surface area contributed by atoms with E-state index in [1.165, 1.54) is 12.0 Å². The first-order chi connectivity index (χ1) is 8.28. The van der Waals surface area contributed by atoms with Gasteiger partial charge in [-0.05, 0) is 32.0 Å². The van der Waals surface area contributed by atoms with Gasteiger partial charge in [0.2, 0.25) is 5.88 Å². The highest BCUT2D eigenvalue weighted by molar-refractivity contribution is 5.17. The maximum absolute atomic E-state index is 5.06. The molecule has 1 aromatic rings. The standard InChI is InChI=1S/C13H21N3O/c1-11-9-16(7-3-6-14-11)10-12-4-5-13(17-2)15-8-12/h4-5,8,11,14H,3,6-7,9-10H2,1-2H3. The second kappa shape index (κ2) is 5.98. The van der Waals surface area contributed by atoms with E-state index in [-0.39, 0.29) is 0 Å². The Morgan fingerprint density at radius 2 is 2.41 bits per heavy atom. The van der Waals surface area contributed by atoms with E-state index >= 15 is 0 Å². The molecule has 0 aliphatic carbocycles. The van der Waals surface area contributed by atoms with Crippen LogP contribution in [0.2, 0.25) is 0 Å². The minimum Gasteiger partial charge on any atom is -0.481 e. The lowest BCUT2D eigenvalue weighted by molar-refractivity contribution is 0.264. The fourth-order valence-electron chi connectivity index (χ4n) is 2.22. The summed E-state index contributed by atoms with van der Waals surface area (Å²) in [6.45, 7) is 6.60. The van der Waals surface area contributed by atoms with E-state index in [0.29, 0.717) is 11.9 Å². The van der Waals surface area contributed by atoms with Crippen LogP contribution in [0.15, 0.2) is 18.3 Å². The van der Waals surface area contributed by atoms with Gasteiger partial charge in [0.15, 0.2) is 0 Å². The fourth-order valence-corrected chi connectivity index (χ4v) is 2.22. The Morgan fingerprint density at radius 1 is 1.53 bits per heavy atom. The Kier molecular flexibility index (Phi) is 4.34. The van der Waals surface area contributed by atoms with Crippen molar-refractivity contribution in [2.75, 3.05) is 26.7 Å². The van der Waals surface area contributed by atoms with Crippen LogP contribution in [0.3, 0.4) is 0 Å². The van der Waals surface area contributed by atoms with E-state index in [1.54, 1.807) is 7.11 Å². The number of nitrogens with zero attached hydrogens (tertiary/aromatic N) is 2. The smallest absolute Gasteiger partial charge is 0.212 e. The number of pyridine rings is 1. The minimum absolute atomic E-state index is 0.573. The van der Waals surface area contributed by atoms with Gasteiger partial charge in [-0.3, -0.25) is 4.90 Å². The van der Waals surface area contributed by atoms with Gasteiger partial charge in [-0.1, -0.05) is 6.07 Å². The van der Waals surface area contributed by atoms with E-state index in [0.717, 1.165) is 26.2 Å². The molecule has 0 amide bonds.